The first kappa shape index (κ1) is 16.0. The Balaban J connectivity index is 1.84. The first-order valence-electron chi connectivity index (χ1n) is 8.16. The van der Waals surface area contributed by atoms with Crippen LogP contribution in [0.1, 0.15) is 63.0 Å². The number of hydrogen-bond acceptors (Lipinski definition) is 2. The lowest BCUT2D eigenvalue weighted by Crippen LogP contribution is -2.45. The summed E-state index contributed by atoms with van der Waals surface area (Å²) < 4.78 is 0. The lowest BCUT2D eigenvalue weighted by Gasteiger charge is -2.24. The predicted molar refractivity (Wildman–Crippen MR) is 87.6 cm³/mol. The van der Waals surface area contributed by atoms with Crippen molar-refractivity contribution < 1.29 is 4.79 Å². The molecule has 0 spiro atoms. The largest absolute Gasteiger partial charge is 0.352 e. The number of nitrogens with one attached hydrogen (secondary N) is 2. The standard InChI is InChI=1S/C18H28N2O/c1-13(2)15-6-8-16(9-7-15)14(3)11-18(21)20-17-5-4-10-19-12-17/h6-9,13-14,17,19H,4-5,10-12H2,1-3H3,(H,20,21). The molecule has 1 heterocycles. The van der Waals surface area contributed by atoms with E-state index < -0.39 is 0 Å². The van der Waals surface area contributed by atoms with Gasteiger partial charge in [-0.2, -0.15) is 0 Å². The molecule has 2 rings (SSSR count). The van der Waals surface area contributed by atoms with Crippen LogP contribution < -0.4 is 10.6 Å². The van der Waals surface area contributed by atoms with Crippen LogP contribution in [0.15, 0.2) is 24.3 Å². The third-order valence-electron chi connectivity index (χ3n) is 4.33. The van der Waals surface area contributed by atoms with Crippen molar-refractivity contribution in [3.05, 3.63) is 35.4 Å². The molecule has 3 heteroatoms. The summed E-state index contributed by atoms with van der Waals surface area (Å²) in [6.07, 6.45) is 2.81. The van der Waals surface area contributed by atoms with E-state index in [9.17, 15) is 4.79 Å². The molecule has 0 aromatic heterocycles. The number of amides is 1. The van der Waals surface area contributed by atoms with E-state index in [0.717, 1.165) is 25.9 Å². The molecule has 0 bridgehead atoms. The van der Waals surface area contributed by atoms with Crippen LogP contribution in [-0.4, -0.2) is 25.0 Å². The Morgan fingerprint density at radius 1 is 1.24 bits per heavy atom. The maximum Gasteiger partial charge on any atom is 0.220 e. The van der Waals surface area contributed by atoms with Gasteiger partial charge in [0.25, 0.3) is 0 Å². The van der Waals surface area contributed by atoms with Crippen molar-refractivity contribution in [3.63, 3.8) is 0 Å². The van der Waals surface area contributed by atoms with E-state index in [4.69, 9.17) is 0 Å². The minimum Gasteiger partial charge on any atom is -0.352 e. The van der Waals surface area contributed by atoms with Gasteiger partial charge in [0.05, 0.1) is 0 Å². The minimum atomic E-state index is 0.170. The Morgan fingerprint density at radius 3 is 2.48 bits per heavy atom. The van der Waals surface area contributed by atoms with Gasteiger partial charge in [-0.15, -0.1) is 0 Å². The molecule has 116 valence electrons. The van der Waals surface area contributed by atoms with Crippen molar-refractivity contribution in [2.24, 2.45) is 0 Å². The maximum atomic E-state index is 12.1. The lowest BCUT2D eigenvalue weighted by molar-refractivity contribution is -0.122. The smallest absolute Gasteiger partial charge is 0.220 e. The summed E-state index contributed by atoms with van der Waals surface area (Å²) in [4.78, 5) is 12.1. The van der Waals surface area contributed by atoms with E-state index in [1.807, 2.05) is 0 Å². The van der Waals surface area contributed by atoms with Crippen LogP contribution >= 0.6 is 0 Å². The van der Waals surface area contributed by atoms with Gasteiger partial charge >= 0.3 is 0 Å². The Kier molecular flexibility index (Phi) is 5.80. The molecule has 1 amide bonds. The van der Waals surface area contributed by atoms with E-state index >= 15 is 0 Å². The molecule has 0 radical (unpaired) electrons. The van der Waals surface area contributed by atoms with Crippen molar-refractivity contribution in [2.75, 3.05) is 13.1 Å². The number of rotatable bonds is 5. The number of carbonyl (C=O) groups excluding carboxylic acids is 1. The third-order valence-corrected chi connectivity index (χ3v) is 4.33. The second-order valence-corrected chi connectivity index (χ2v) is 6.54. The van der Waals surface area contributed by atoms with Gasteiger partial charge in [0, 0.05) is 19.0 Å². The van der Waals surface area contributed by atoms with Crippen molar-refractivity contribution in [1.29, 1.82) is 0 Å². The number of hydrogen-bond donors (Lipinski definition) is 2. The first-order valence-corrected chi connectivity index (χ1v) is 8.16. The Hall–Kier alpha value is -1.35. The van der Waals surface area contributed by atoms with Crippen LogP contribution in [-0.2, 0) is 4.79 Å². The molecule has 1 aromatic rings. The minimum absolute atomic E-state index is 0.170. The molecule has 21 heavy (non-hydrogen) atoms. The molecule has 1 fully saturated rings. The van der Waals surface area contributed by atoms with Gasteiger partial charge in [0.15, 0.2) is 0 Å². The second kappa shape index (κ2) is 7.60. The molecule has 0 aliphatic carbocycles. The summed E-state index contributed by atoms with van der Waals surface area (Å²) in [6, 6.07) is 8.99. The summed E-state index contributed by atoms with van der Waals surface area (Å²) in [5, 5.41) is 6.47. The van der Waals surface area contributed by atoms with E-state index in [-0.39, 0.29) is 11.8 Å². The van der Waals surface area contributed by atoms with Crippen LogP contribution in [0.3, 0.4) is 0 Å². The van der Waals surface area contributed by atoms with Gasteiger partial charge in [0.1, 0.15) is 0 Å². The van der Waals surface area contributed by atoms with Crippen molar-refractivity contribution in [1.82, 2.24) is 10.6 Å². The van der Waals surface area contributed by atoms with Crippen LogP contribution in [0.2, 0.25) is 0 Å². The highest BCUT2D eigenvalue weighted by Crippen LogP contribution is 2.22. The summed E-state index contributed by atoms with van der Waals surface area (Å²) >= 11 is 0. The fraction of sp³-hybridized carbons (Fsp3) is 0.611. The third kappa shape index (κ3) is 4.85. The molecular formula is C18H28N2O. The topological polar surface area (TPSA) is 41.1 Å². The molecule has 0 saturated carbocycles. The molecule has 1 aromatic carbocycles. The van der Waals surface area contributed by atoms with Gasteiger partial charge < -0.3 is 10.6 Å². The van der Waals surface area contributed by atoms with Gasteiger partial charge in [-0.1, -0.05) is 45.0 Å². The van der Waals surface area contributed by atoms with Crippen LogP contribution in [0, 0.1) is 0 Å². The van der Waals surface area contributed by atoms with Crippen LogP contribution in [0.25, 0.3) is 0 Å². The fourth-order valence-corrected chi connectivity index (χ4v) is 2.87. The normalized spacial score (nSPS) is 20.3. The van der Waals surface area contributed by atoms with E-state index in [2.05, 4.69) is 55.7 Å². The second-order valence-electron chi connectivity index (χ2n) is 6.54. The van der Waals surface area contributed by atoms with Gasteiger partial charge in [0.2, 0.25) is 5.91 Å². The molecular weight excluding hydrogens is 260 g/mol. The SMILES string of the molecule is CC(C)c1ccc(C(C)CC(=O)NC2CCCNC2)cc1. The summed E-state index contributed by atoms with van der Waals surface area (Å²) in [7, 11) is 0. The van der Waals surface area contributed by atoms with Crippen LogP contribution in [0.4, 0.5) is 0 Å². The predicted octanol–water partition coefficient (Wildman–Crippen LogP) is 3.17. The zero-order chi connectivity index (χ0) is 15.2. The van der Waals surface area contributed by atoms with Gasteiger partial charge in [-0.3, -0.25) is 4.79 Å². The average molecular weight is 288 g/mol. The molecule has 1 aliphatic rings. The van der Waals surface area contributed by atoms with Crippen molar-refractivity contribution >= 4 is 5.91 Å². The molecule has 2 unspecified atom stereocenters. The zero-order valence-corrected chi connectivity index (χ0v) is 13.5. The molecule has 2 atom stereocenters. The number of piperidine rings is 1. The Bertz CT molecular complexity index is 447. The Labute approximate surface area is 128 Å². The highest BCUT2D eigenvalue weighted by atomic mass is 16.1. The van der Waals surface area contributed by atoms with E-state index in [1.165, 1.54) is 11.1 Å². The zero-order valence-electron chi connectivity index (χ0n) is 13.5. The summed E-state index contributed by atoms with van der Waals surface area (Å²) in [5.41, 5.74) is 2.60. The average Bonchev–Trinajstić information content (AvgIpc) is 2.48. The quantitative estimate of drug-likeness (QED) is 0.874. The van der Waals surface area contributed by atoms with Gasteiger partial charge in [-0.05, 0) is 42.3 Å². The lowest BCUT2D eigenvalue weighted by atomic mass is 9.94. The monoisotopic (exact) mass is 288 g/mol. The van der Waals surface area contributed by atoms with E-state index in [1.54, 1.807) is 0 Å². The van der Waals surface area contributed by atoms with E-state index in [0.29, 0.717) is 18.4 Å². The number of carbonyl (C=O) groups is 1. The maximum absolute atomic E-state index is 12.1. The van der Waals surface area contributed by atoms with Crippen molar-refractivity contribution in [3.8, 4) is 0 Å². The first-order chi connectivity index (χ1) is 10.1. The highest BCUT2D eigenvalue weighted by molar-refractivity contribution is 5.77. The number of benzene rings is 1. The molecule has 2 N–H and O–H groups in total. The summed E-state index contributed by atoms with van der Waals surface area (Å²) in [6.45, 7) is 8.51. The highest BCUT2D eigenvalue weighted by Gasteiger charge is 2.17. The Morgan fingerprint density at radius 2 is 1.90 bits per heavy atom. The van der Waals surface area contributed by atoms with Crippen molar-refractivity contribution in [2.45, 2.75) is 57.9 Å². The summed E-state index contributed by atoms with van der Waals surface area (Å²) in [5.74, 6) is 0.989. The molecule has 1 aliphatic heterocycles. The fourth-order valence-electron chi connectivity index (χ4n) is 2.87. The molecule has 1 saturated heterocycles. The van der Waals surface area contributed by atoms with Crippen LogP contribution in [0.5, 0.6) is 0 Å². The van der Waals surface area contributed by atoms with Gasteiger partial charge in [-0.25, -0.2) is 0 Å². The molecule has 3 nitrogen and oxygen atoms in total.